The van der Waals surface area contributed by atoms with Crippen molar-refractivity contribution in [3.05, 3.63) is 84.8 Å². The molecule has 0 fully saturated rings. The number of rotatable bonds is 6. The van der Waals surface area contributed by atoms with Crippen molar-refractivity contribution < 1.29 is 18.0 Å². The zero-order chi connectivity index (χ0) is 22.6. The summed E-state index contributed by atoms with van der Waals surface area (Å²) in [5.74, 6) is -0.366. The molecule has 4 aromatic rings. The van der Waals surface area contributed by atoms with Crippen LogP contribution < -0.4 is 10.6 Å². The van der Waals surface area contributed by atoms with Crippen molar-refractivity contribution in [1.29, 1.82) is 0 Å². The van der Waals surface area contributed by atoms with Gasteiger partial charge in [0.2, 0.25) is 5.91 Å². The van der Waals surface area contributed by atoms with Crippen LogP contribution in [0.3, 0.4) is 0 Å². The maximum absolute atomic E-state index is 12.6. The maximum atomic E-state index is 12.6. The van der Waals surface area contributed by atoms with Crippen molar-refractivity contribution in [3.63, 3.8) is 0 Å². The number of hydrogen-bond acceptors (Lipinski definition) is 4. The van der Waals surface area contributed by atoms with Crippen LogP contribution >= 0.6 is 0 Å². The molecule has 0 saturated heterocycles. The number of carbonyl (C=O) groups excluding carboxylic acids is 1. The largest absolute Gasteiger partial charge is 0.416 e. The highest BCUT2D eigenvalue weighted by Crippen LogP contribution is 2.30. The molecule has 6 nitrogen and oxygen atoms in total. The van der Waals surface area contributed by atoms with Gasteiger partial charge in [-0.05, 0) is 48.0 Å². The number of carbonyl (C=O) groups is 1. The quantitative estimate of drug-likeness (QED) is 0.406. The molecule has 0 aliphatic rings. The van der Waals surface area contributed by atoms with Gasteiger partial charge < -0.3 is 10.6 Å². The molecule has 0 saturated carbocycles. The van der Waals surface area contributed by atoms with E-state index < -0.39 is 11.7 Å². The van der Waals surface area contributed by atoms with E-state index in [1.807, 2.05) is 12.1 Å². The van der Waals surface area contributed by atoms with Crippen molar-refractivity contribution in [2.24, 2.45) is 0 Å². The van der Waals surface area contributed by atoms with Crippen LogP contribution in [0, 0.1) is 12.1 Å². The Morgan fingerprint density at radius 2 is 1.81 bits per heavy atom. The van der Waals surface area contributed by atoms with E-state index in [1.54, 1.807) is 30.7 Å². The molecule has 0 spiro atoms. The number of H-pyrrole nitrogens is 1. The Morgan fingerprint density at radius 3 is 2.53 bits per heavy atom. The second kappa shape index (κ2) is 8.81. The Labute approximate surface area is 181 Å². The molecule has 2 heterocycles. The van der Waals surface area contributed by atoms with Gasteiger partial charge in [-0.25, -0.2) is 0 Å². The second-order valence-electron chi connectivity index (χ2n) is 6.80. The summed E-state index contributed by atoms with van der Waals surface area (Å²) >= 11 is 0. The van der Waals surface area contributed by atoms with Crippen LogP contribution in [-0.2, 0) is 11.0 Å². The van der Waals surface area contributed by atoms with E-state index in [1.165, 1.54) is 12.1 Å². The lowest BCUT2D eigenvalue weighted by molar-refractivity contribution is -0.137. The molecule has 0 aliphatic heterocycles. The summed E-state index contributed by atoms with van der Waals surface area (Å²) in [6, 6.07) is 17.3. The van der Waals surface area contributed by atoms with Crippen LogP contribution in [0.5, 0.6) is 0 Å². The van der Waals surface area contributed by atoms with Gasteiger partial charge in [-0.3, -0.25) is 14.9 Å². The molecule has 2 aromatic carbocycles. The van der Waals surface area contributed by atoms with Crippen molar-refractivity contribution >= 4 is 17.3 Å². The predicted octanol–water partition coefficient (Wildman–Crippen LogP) is 4.81. The zero-order valence-corrected chi connectivity index (χ0v) is 16.5. The molecule has 0 radical (unpaired) electrons. The third-order valence-corrected chi connectivity index (χ3v) is 4.58. The minimum atomic E-state index is -4.40. The van der Waals surface area contributed by atoms with Crippen molar-refractivity contribution in [1.82, 2.24) is 15.2 Å². The van der Waals surface area contributed by atoms with Crippen LogP contribution in [0.1, 0.15) is 5.56 Å². The smallest absolute Gasteiger partial charge is 0.376 e. The highest BCUT2D eigenvalue weighted by Gasteiger charge is 2.29. The van der Waals surface area contributed by atoms with Gasteiger partial charge in [0.25, 0.3) is 0 Å². The van der Waals surface area contributed by atoms with E-state index in [0.717, 1.165) is 23.3 Å². The molecule has 0 aliphatic carbocycles. The third kappa shape index (κ3) is 4.87. The van der Waals surface area contributed by atoms with E-state index in [9.17, 15) is 18.0 Å². The van der Waals surface area contributed by atoms with E-state index in [2.05, 4.69) is 37.9 Å². The van der Waals surface area contributed by atoms with E-state index in [-0.39, 0.29) is 12.5 Å². The monoisotopic (exact) mass is 435 g/mol. The summed E-state index contributed by atoms with van der Waals surface area (Å²) in [5, 5.41) is 12.6. The number of aromatic nitrogens is 3. The van der Waals surface area contributed by atoms with Crippen LogP contribution in [-0.4, -0.2) is 27.6 Å². The summed E-state index contributed by atoms with van der Waals surface area (Å²) in [6.07, 6.45) is 0.655. The van der Waals surface area contributed by atoms with Gasteiger partial charge in [-0.15, -0.1) is 0 Å². The molecule has 0 bridgehead atoms. The van der Waals surface area contributed by atoms with E-state index in [4.69, 9.17) is 0 Å². The van der Waals surface area contributed by atoms with Crippen LogP contribution in [0.2, 0.25) is 0 Å². The number of anilines is 2. The van der Waals surface area contributed by atoms with Crippen molar-refractivity contribution in [2.45, 2.75) is 6.18 Å². The summed E-state index contributed by atoms with van der Waals surface area (Å²) < 4.78 is 37.9. The average molecular weight is 435 g/mol. The molecule has 3 N–H and O–H groups in total. The lowest BCUT2D eigenvalue weighted by atomic mass is 10.0. The number of benzene rings is 1. The van der Waals surface area contributed by atoms with Crippen LogP contribution in [0.25, 0.3) is 22.4 Å². The molecule has 0 atom stereocenters. The number of amides is 1. The van der Waals surface area contributed by atoms with Gasteiger partial charge in [-0.2, -0.15) is 18.3 Å². The number of aromatic amines is 1. The minimum Gasteiger partial charge on any atom is -0.376 e. The predicted molar refractivity (Wildman–Crippen MR) is 113 cm³/mol. The summed E-state index contributed by atoms with van der Waals surface area (Å²) in [7, 11) is 0. The first-order chi connectivity index (χ1) is 15.4. The van der Waals surface area contributed by atoms with Gasteiger partial charge in [0.05, 0.1) is 35.2 Å². The number of halogens is 3. The Balaban J connectivity index is 1.42. The highest BCUT2D eigenvalue weighted by molar-refractivity contribution is 5.94. The standard InChI is InChI=1S/C23H16F3N5O/c24-23(25,26)17-4-6-18(7-5-17)28-14-21(32)30-19-3-1-2-16(12-19)22-20(13-29-31-22)15-8-10-27-11-9-15/h3-13,28H,14H2,(H,29,31)(H,30,32). The molecular weight excluding hydrogens is 419 g/mol. The van der Waals surface area contributed by atoms with Gasteiger partial charge in [0.15, 0.2) is 0 Å². The summed E-state index contributed by atoms with van der Waals surface area (Å²) in [6.45, 7) is -0.119. The van der Waals surface area contributed by atoms with Gasteiger partial charge >= 0.3 is 6.18 Å². The van der Waals surface area contributed by atoms with Crippen LogP contribution in [0.4, 0.5) is 24.5 Å². The number of nitrogens with zero attached hydrogens (tertiary/aromatic N) is 2. The summed E-state index contributed by atoms with van der Waals surface area (Å²) in [4.78, 5) is 16.3. The van der Waals surface area contributed by atoms with Crippen molar-refractivity contribution in [2.75, 3.05) is 17.2 Å². The Morgan fingerprint density at radius 1 is 1.06 bits per heavy atom. The molecular formula is C23H16F3N5O. The number of alkyl halides is 3. The fraction of sp³-hybridized carbons (Fsp3) is 0.0870. The zero-order valence-electron chi connectivity index (χ0n) is 16.5. The third-order valence-electron chi connectivity index (χ3n) is 4.58. The Bertz CT molecular complexity index is 1200. The van der Waals surface area contributed by atoms with Gasteiger partial charge in [0, 0.05) is 29.7 Å². The fourth-order valence-corrected chi connectivity index (χ4v) is 3.04. The van der Waals surface area contributed by atoms with Gasteiger partial charge in [-0.1, -0.05) is 12.1 Å². The van der Waals surface area contributed by atoms with Crippen molar-refractivity contribution in [3.8, 4) is 22.4 Å². The van der Waals surface area contributed by atoms with Crippen LogP contribution in [0.15, 0.2) is 67.1 Å². The normalized spacial score (nSPS) is 11.0. The number of hydrogen-bond donors (Lipinski definition) is 3. The fourth-order valence-electron chi connectivity index (χ4n) is 3.04. The Kier molecular flexibility index (Phi) is 5.77. The SMILES string of the molecule is O=C(CNc1ccc(C(F)(F)F)cc1)Nc1cc#cc(-c2[nH]ncc2-c2ccncc2)c1. The molecule has 0 unspecified atom stereocenters. The minimum absolute atomic E-state index is 0.119. The first-order valence-electron chi connectivity index (χ1n) is 9.49. The second-order valence-corrected chi connectivity index (χ2v) is 6.80. The molecule has 2 aromatic heterocycles. The molecule has 32 heavy (non-hydrogen) atoms. The number of pyridine rings is 1. The first-order valence-corrected chi connectivity index (χ1v) is 9.49. The van der Waals surface area contributed by atoms with Gasteiger partial charge in [0.1, 0.15) is 0 Å². The Hall–Kier alpha value is -4.32. The first kappa shape index (κ1) is 20.9. The lowest BCUT2D eigenvalue weighted by Crippen LogP contribution is -2.21. The number of nitrogens with one attached hydrogen (secondary N) is 3. The topological polar surface area (TPSA) is 82.7 Å². The highest BCUT2D eigenvalue weighted by atomic mass is 19.4. The molecule has 4 rings (SSSR count). The molecule has 160 valence electrons. The summed E-state index contributed by atoms with van der Waals surface area (Å²) in [5.41, 5.74) is 3.29. The van der Waals surface area contributed by atoms with E-state index in [0.29, 0.717) is 22.6 Å². The molecule has 1 amide bonds. The molecule has 9 heteroatoms. The lowest BCUT2D eigenvalue weighted by Gasteiger charge is -2.10. The maximum Gasteiger partial charge on any atom is 0.416 e. The average Bonchev–Trinajstić information content (AvgIpc) is 3.28. The van der Waals surface area contributed by atoms with E-state index >= 15 is 0 Å².